The molecular formula is C15H29N2O7S2+. The van der Waals surface area contributed by atoms with Crippen molar-refractivity contribution in [3.05, 3.63) is 0 Å². The van der Waals surface area contributed by atoms with Gasteiger partial charge in [-0.1, -0.05) is 18.7 Å². The summed E-state index contributed by atoms with van der Waals surface area (Å²) in [5, 5.41) is 54.2. The van der Waals surface area contributed by atoms with Crippen LogP contribution in [0.25, 0.3) is 0 Å². The van der Waals surface area contributed by atoms with Crippen molar-refractivity contribution in [1.82, 2.24) is 5.32 Å². The van der Waals surface area contributed by atoms with Gasteiger partial charge in [-0.3, -0.25) is 4.79 Å². The molecule has 26 heavy (non-hydrogen) atoms. The highest BCUT2D eigenvalue weighted by molar-refractivity contribution is 8.00. The second kappa shape index (κ2) is 9.89. The van der Waals surface area contributed by atoms with Gasteiger partial charge in [0, 0.05) is 12.7 Å². The first-order chi connectivity index (χ1) is 12.3. The monoisotopic (exact) mass is 413 g/mol. The first-order valence-corrected chi connectivity index (χ1v) is 10.7. The van der Waals surface area contributed by atoms with Crippen LogP contribution in [0.4, 0.5) is 0 Å². The lowest BCUT2D eigenvalue weighted by atomic mass is 9.98. The van der Waals surface area contributed by atoms with Gasteiger partial charge in [-0.25, -0.2) is 0 Å². The van der Waals surface area contributed by atoms with E-state index in [0.29, 0.717) is 5.75 Å². The lowest BCUT2D eigenvalue weighted by Gasteiger charge is -2.43. The van der Waals surface area contributed by atoms with Gasteiger partial charge in [0.1, 0.15) is 42.5 Å². The van der Waals surface area contributed by atoms with Crippen molar-refractivity contribution in [3.8, 4) is 0 Å². The van der Waals surface area contributed by atoms with E-state index in [2.05, 4.69) is 5.32 Å². The molecule has 0 unspecified atom stereocenters. The molecule has 0 spiro atoms. The SMILES string of the molecule is CCS[C@@H]1O[C@H](CS[C@@H]2[NH2+]C[C@@H](O)[C@@H](O)[C@@H]2O)[C@@H](O)[C@H](O)[C@H]1NC(C)=O. The predicted octanol–water partition coefficient (Wildman–Crippen LogP) is -3.59. The highest BCUT2D eigenvalue weighted by Crippen LogP contribution is 2.31. The number of piperidine rings is 1. The van der Waals surface area contributed by atoms with Crippen molar-refractivity contribution < 1.29 is 40.4 Å². The zero-order valence-electron chi connectivity index (χ0n) is 14.8. The van der Waals surface area contributed by atoms with E-state index in [4.69, 9.17) is 4.74 Å². The third kappa shape index (κ3) is 5.24. The van der Waals surface area contributed by atoms with Gasteiger partial charge in [0.25, 0.3) is 0 Å². The van der Waals surface area contributed by atoms with E-state index in [1.165, 1.54) is 30.4 Å². The summed E-state index contributed by atoms with van der Waals surface area (Å²) < 4.78 is 5.91. The van der Waals surface area contributed by atoms with Crippen molar-refractivity contribution in [2.45, 2.75) is 67.3 Å². The molecule has 9 nitrogen and oxygen atoms in total. The van der Waals surface area contributed by atoms with E-state index in [9.17, 15) is 30.3 Å². The maximum atomic E-state index is 11.4. The van der Waals surface area contributed by atoms with Crippen LogP contribution < -0.4 is 10.6 Å². The summed E-state index contributed by atoms with van der Waals surface area (Å²) in [6, 6.07) is -0.711. The van der Waals surface area contributed by atoms with Gasteiger partial charge < -0.3 is 40.9 Å². The first kappa shape index (κ1) is 22.2. The van der Waals surface area contributed by atoms with Gasteiger partial charge in [0.05, 0.1) is 12.1 Å². The summed E-state index contributed by atoms with van der Waals surface area (Å²) in [7, 11) is 0. The predicted molar refractivity (Wildman–Crippen MR) is 97.5 cm³/mol. The van der Waals surface area contributed by atoms with E-state index in [1.54, 1.807) is 5.32 Å². The summed E-state index contributed by atoms with van der Waals surface area (Å²) in [6.07, 6.45) is -6.35. The molecule has 0 bridgehead atoms. The average molecular weight is 414 g/mol. The molecule has 2 heterocycles. The molecule has 2 fully saturated rings. The number of hydrogen-bond donors (Lipinski definition) is 7. The average Bonchev–Trinajstić information content (AvgIpc) is 2.59. The number of nitrogens with one attached hydrogen (secondary N) is 1. The fraction of sp³-hybridized carbons (Fsp3) is 0.933. The number of ether oxygens (including phenoxy) is 1. The molecule has 2 saturated heterocycles. The molecular weight excluding hydrogens is 384 g/mol. The molecule has 0 aromatic rings. The van der Waals surface area contributed by atoms with Crippen LogP contribution in [0.2, 0.25) is 0 Å². The molecule has 2 aliphatic heterocycles. The topological polar surface area (TPSA) is 156 Å². The van der Waals surface area contributed by atoms with Crippen LogP contribution in [-0.2, 0) is 9.53 Å². The number of quaternary nitrogens is 1. The summed E-state index contributed by atoms with van der Waals surface area (Å²) >= 11 is 2.72. The van der Waals surface area contributed by atoms with Gasteiger partial charge in [0.2, 0.25) is 5.91 Å². The molecule has 8 N–H and O–H groups in total. The van der Waals surface area contributed by atoms with Crippen LogP contribution in [0.5, 0.6) is 0 Å². The Bertz CT molecular complexity index is 475. The van der Waals surface area contributed by atoms with Crippen molar-refractivity contribution in [1.29, 1.82) is 0 Å². The molecule has 1 amide bonds. The number of carbonyl (C=O) groups excluding carboxylic acids is 1. The summed E-state index contributed by atoms with van der Waals surface area (Å²) in [4.78, 5) is 11.4. The van der Waals surface area contributed by atoms with E-state index >= 15 is 0 Å². The van der Waals surface area contributed by atoms with Gasteiger partial charge in [-0.05, 0) is 5.75 Å². The number of aliphatic hydroxyl groups excluding tert-OH is 5. The molecule has 9 atom stereocenters. The van der Waals surface area contributed by atoms with Crippen LogP contribution in [0, 0.1) is 0 Å². The quantitative estimate of drug-likeness (QED) is 0.234. The van der Waals surface area contributed by atoms with E-state index in [0.717, 1.165) is 0 Å². The second-order valence-corrected chi connectivity index (χ2v) is 9.11. The van der Waals surface area contributed by atoms with Crippen LogP contribution in [-0.4, -0.2) is 103 Å². The number of nitrogens with two attached hydrogens (primary N) is 1. The van der Waals surface area contributed by atoms with Crippen LogP contribution in [0.15, 0.2) is 0 Å². The fourth-order valence-electron chi connectivity index (χ4n) is 3.11. The zero-order chi connectivity index (χ0) is 19.4. The molecule has 0 aromatic heterocycles. The van der Waals surface area contributed by atoms with E-state index in [1.807, 2.05) is 6.92 Å². The Kier molecular flexibility index (Phi) is 8.44. The minimum absolute atomic E-state index is 0.269. The summed E-state index contributed by atoms with van der Waals surface area (Å²) in [6.45, 7) is 3.54. The zero-order valence-corrected chi connectivity index (χ0v) is 16.4. The standard InChI is InChI=1S/C15H28N2O7S2/c1-3-25-15-9(17-6(2)18)12(22)11(21)8(24-15)5-26-14-13(23)10(20)7(19)4-16-14/h7-16,19-23H,3-5H2,1-2H3,(H,17,18)/p+1/t7-,8-,9-,10-,11-,12-,13+,14+,15+/m1/s1. The first-order valence-electron chi connectivity index (χ1n) is 8.65. The smallest absolute Gasteiger partial charge is 0.217 e. The lowest BCUT2D eigenvalue weighted by Crippen LogP contribution is -2.97. The molecule has 152 valence electrons. The number of hydrogen-bond acceptors (Lipinski definition) is 9. The molecule has 11 heteroatoms. The molecule has 2 rings (SSSR count). The highest BCUT2D eigenvalue weighted by Gasteiger charge is 2.46. The van der Waals surface area contributed by atoms with Crippen molar-refractivity contribution >= 4 is 29.4 Å². The van der Waals surface area contributed by atoms with Crippen LogP contribution in [0.1, 0.15) is 13.8 Å². The Hall–Kier alpha value is -0.110. The van der Waals surface area contributed by atoms with Crippen molar-refractivity contribution in [2.24, 2.45) is 0 Å². The van der Waals surface area contributed by atoms with E-state index < -0.39 is 53.5 Å². The molecule has 2 aliphatic rings. The Labute approximate surface area is 160 Å². The maximum Gasteiger partial charge on any atom is 0.217 e. The molecule has 0 saturated carbocycles. The Balaban J connectivity index is 1.97. The highest BCUT2D eigenvalue weighted by atomic mass is 32.2. The van der Waals surface area contributed by atoms with Gasteiger partial charge in [0.15, 0.2) is 5.37 Å². The van der Waals surface area contributed by atoms with Gasteiger partial charge in [-0.15, -0.1) is 11.8 Å². The molecule has 0 aliphatic carbocycles. The Morgan fingerprint density at radius 3 is 2.42 bits per heavy atom. The van der Waals surface area contributed by atoms with E-state index in [-0.39, 0.29) is 18.2 Å². The number of rotatable bonds is 6. The maximum absolute atomic E-state index is 11.4. The van der Waals surface area contributed by atoms with Gasteiger partial charge >= 0.3 is 0 Å². The number of thioether (sulfide) groups is 2. The Morgan fingerprint density at radius 2 is 1.81 bits per heavy atom. The number of amides is 1. The van der Waals surface area contributed by atoms with Crippen LogP contribution in [0.3, 0.4) is 0 Å². The molecule has 0 radical (unpaired) electrons. The minimum atomic E-state index is -1.21. The lowest BCUT2D eigenvalue weighted by molar-refractivity contribution is -0.694. The van der Waals surface area contributed by atoms with Crippen molar-refractivity contribution in [3.63, 3.8) is 0 Å². The minimum Gasteiger partial charge on any atom is -0.388 e. The molecule has 0 aromatic carbocycles. The fourth-order valence-corrected chi connectivity index (χ4v) is 5.39. The Morgan fingerprint density at radius 1 is 1.12 bits per heavy atom. The third-order valence-corrected chi connectivity index (χ3v) is 6.99. The summed E-state index contributed by atoms with van der Waals surface area (Å²) in [5.74, 6) is 0.682. The number of aliphatic hydroxyl groups is 5. The van der Waals surface area contributed by atoms with Crippen molar-refractivity contribution in [2.75, 3.05) is 18.1 Å². The number of carbonyl (C=O) groups is 1. The second-order valence-electron chi connectivity index (χ2n) is 6.52. The third-order valence-electron chi connectivity index (χ3n) is 4.55. The summed E-state index contributed by atoms with van der Waals surface area (Å²) in [5.41, 5.74) is -0.499. The normalized spacial score (nSPS) is 43.9. The van der Waals surface area contributed by atoms with Gasteiger partial charge in [-0.2, -0.15) is 0 Å². The van der Waals surface area contributed by atoms with Crippen LogP contribution >= 0.6 is 23.5 Å². The largest absolute Gasteiger partial charge is 0.388 e.